The van der Waals surface area contributed by atoms with Crippen molar-refractivity contribution in [1.29, 1.82) is 0 Å². The number of nitrogens with zero attached hydrogens (tertiary/aromatic N) is 1. The Kier molecular flexibility index (Phi) is 7.67. The maximum atomic E-state index is 11.8. The standard InChI is InChI=1S/C16H22N2O6/c1-11(2)10-12(16(20)21)17-15(19)8-5-9-24-14-7-4-3-6-13(14)18(22)23/h3-4,6-7,11-12H,5,8-10H2,1-2H3,(H,17,19)(H,20,21). The summed E-state index contributed by atoms with van der Waals surface area (Å²) in [5, 5.41) is 22.4. The van der Waals surface area contributed by atoms with E-state index >= 15 is 0 Å². The highest BCUT2D eigenvalue weighted by Gasteiger charge is 2.20. The number of nitro benzene ring substituents is 1. The first-order valence-corrected chi connectivity index (χ1v) is 7.69. The van der Waals surface area contributed by atoms with Gasteiger partial charge in [0.15, 0.2) is 5.75 Å². The van der Waals surface area contributed by atoms with Gasteiger partial charge in [-0.05, 0) is 24.8 Å². The van der Waals surface area contributed by atoms with E-state index in [9.17, 15) is 19.7 Å². The number of hydrogen-bond acceptors (Lipinski definition) is 5. The summed E-state index contributed by atoms with van der Waals surface area (Å²) >= 11 is 0. The summed E-state index contributed by atoms with van der Waals surface area (Å²) < 4.78 is 5.33. The molecule has 0 aliphatic heterocycles. The number of carboxylic acids is 1. The van der Waals surface area contributed by atoms with E-state index in [0.29, 0.717) is 12.8 Å². The van der Waals surface area contributed by atoms with Crippen LogP contribution in [-0.2, 0) is 9.59 Å². The summed E-state index contributed by atoms with van der Waals surface area (Å²) in [4.78, 5) is 33.2. The van der Waals surface area contributed by atoms with E-state index in [1.165, 1.54) is 12.1 Å². The Balaban J connectivity index is 2.41. The molecule has 1 aromatic carbocycles. The first-order chi connectivity index (χ1) is 11.3. The number of rotatable bonds is 10. The van der Waals surface area contributed by atoms with Crippen LogP contribution in [0.15, 0.2) is 24.3 Å². The van der Waals surface area contributed by atoms with Gasteiger partial charge in [0, 0.05) is 12.5 Å². The van der Waals surface area contributed by atoms with Crippen molar-refractivity contribution in [1.82, 2.24) is 5.32 Å². The van der Waals surface area contributed by atoms with E-state index < -0.39 is 16.9 Å². The van der Waals surface area contributed by atoms with Crippen molar-refractivity contribution in [2.24, 2.45) is 5.92 Å². The second kappa shape index (κ2) is 9.49. The van der Waals surface area contributed by atoms with Crippen LogP contribution in [0.5, 0.6) is 5.75 Å². The molecule has 8 heteroatoms. The summed E-state index contributed by atoms with van der Waals surface area (Å²) in [6.45, 7) is 3.88. The summed E-state index contributed by atoms with van der Waals surface area (Å²) in [6.07, 6.45) is 0.766. The molecule has 1 atom stereocenters. The van der Waals surface area contributed by atoms with Crippen LogP contribution in [0.25, 0.3) is 0 Å². The number of nitro groups is 1. The molecule has 0 saturated heterocycles. The Labute approximate surface area is 140 Å². The first-order valence-electron chi connectivity index (χ1n) is 7.69. The number of nitrogens with one attached hydrogen (secondary N) is 1. The van der Waals surface area contributed by atoms with Gasteiger partial charge in [-0.1, -0.05) is 26.0 Å². The van der Waals surface area contributed by atoms with Crippen LogP contribution < -0.4 is 10.1 Å². The number of carbonyl (C=O) groups excluding carboxylic acids is 1. The minimum absolute atomic E-state index is 0.0858. The lowest BCUT2D eigenvalue weighted by atomic mass is 10.0. The summed E-state index contributed by atoms with van der Waals surface area (Å²) in [6, 6.07) is 5.08. The molecule has 2 N–H and O–H groups in total. The van der Waals surface area contributed by atoms with Crippen LogP contribution in [0, 0.1) is 16.0 Å². The maximum Gasteiger partial charge on any atom is 0.326 e. The number of amides is 1. The summed E-state index contributed by atoms with van der Waals surface area (Å²) in [5.41, 5.74) is -0.134. The molecule has 132 valence electrons. The fourth-order valence-corrected chi connectivity index (χ4v) is 2.10. The van der Waals surface area contributed by atoms with Gasteiger partial charge in [0.1, 0.15) is 6.04 Å². The van der Waals surface area contributed by atoms with Gasteiger partial charge in [0.05, 0.1) is 11.5 Å². The van der Waals surface area contributed by atoms with Crippen LogP contribution >= 0.6 is 0 Å². The molecule has 0 aliphatic carbocycles. The number of aliphatic carboxylic acids is 1. The van der Waals surface area contributed by atoms with Crippen LogP contribution in [0.2, 0.25) is 0 Å². The molecule has 1 amide bonds. The lowest BCUT2D eigenvalue weighted by Crippen LogP contribution is -2.41. The van der Waals surface area contributed by atoms with E-state index in [4.69, 9.17) is 9.84 Å². The van der Waals surface area contributed by atoms with E-state index in [-0.39, 0.29) is 36.3 Å². The Morgan fingerprint density at radius 2 is 2.00 bits per heavy atom. The third kappa shape index (κ3) is 6.64. The zero-order valence-electron chi connectivity index (χ0n) is 13.7. The van der Waals surface area contributed by atoms with Crippen LogP contribution in [-0.4, -0.2) is 34.6 Å². The van der Waals surface area contributed by atoms with Crippen molar-refractivity contribution in [3.8, 4) is 5.75 Å². The number of carboxylic acid groups (broad SMARTS) is 1. The predicted octanol–water partition coefficient (Wildman–Crippen LogP) is 2.37. The lowest BCUT2D eigenvalue weighted by Gasteiger charge is -2.16. The third-order valence-electron chi connectivity index (χ3n) is 3.21. The largest absolute Gasteiger partial charge is 0.487 e. The number of para-hydroxylation sites is 2. The summed E-state index contributed by atoms with van der Waals surface area (Å²) in [7, 11) is 0. The number of hydrogen-bond donors (Lipinski definition) is 2. The first kappa shape index (κ1) is 19.4. The highest BCUT2D eigenvalue weighted by Crippen LogP contribution is 2.25. The molecule has 0 aromatic heterocycles. The normalized spacial score (nSPS) is 11.8. The van der Waals surface area contributed by atoms with Crippen molar-refractivity contribution >= 4 is 17.6 Å². The second-order valence-corrected chi connectivity index (χ2v) is 5.76. The monoisotopic (exact) mass is 338 g/mol. The van der Waals surface area contributed by atoms with Gasteiger partial charge in [-0.15, -0.1) is 0 Å². The average Bonchev–Trinajstić information content (AvgIpc) is 2.50. The fraction of sp³-hybridized carbons (Fsp3) is 0.500. The van der Waals surface area contributed by atoms with Gasteiger partial charge in [0.25, 0.3) is 0 Å². The highest BCUT2D eigenvalue weighted by atomic mass is 16.6. The van der Waals surface area contributed by atoms with Crippen molar-refractivity contribution in [2.45, 2.75) is 39.2 Å². The molecule has 0 heterocycles. The number of benzene rings is 1. The molecule has 1 rings (SSSR count). The average molecular weight is 338 g/mol. The van der Waals surface area contributed by atoms with Crippen molar-refractivity contribution < 1.29 is 24.4 Å². The zero-order valence-corrected chi connectivity index (χ0v) is 13.7. The van der Waals surface area contributed by atoms with E-state index in [1.807, 2.05) is 13.8 Å². The van der Waals surface area contributed by atoms with Crippen LogP contribution in [0.1, 0.15) is 33.1 Å². The van der Waals surface area contributed by atoms with E-state index in [2.05, 4.69) is 5.32 Å². The Morgan fingerprint density at radius 3 is 2.58 bits per heavy atom. The van der Waals surface area contributed by atoms with Gasteiger partial charge >= 0.3 is 11.7 Å². The molecule has 0 fully saturated rings. The molecule has 0 aliphatic rings. The van der Waals surface area contributed by atoms with Gasteiger partial charge < -0.3 is 15.2 Å². The number of ether oxygens (including phenoxy) is 1. The van der Waals surface area contributed by atoms with Gasteiger partial charge in [-0.25, -0.2) is 4.79 Å². The molecule has 0 radical (unpaired) electrons. The minimum Gasteiger partial charge on any atom is -0.487 e. The summed E-state index contributed by atoms with van der Waals surface area (Å²) in [5.74, 6) is -1.15. The van der Waals surface area contributed by atoms with Gasteiger partial charge in [-0.3, -0.25) is 14.9 Å². The molecule has 0 saturated carbocycles. The quantitative estimate of drug-likeness (QED) is 0.384. The SMILES string of the molecule is CC(C)CC(NC(=O)CCCOc1ccccc1[N+](=O)[O-])C(=O)O. The molecule has 24 heavy (non-hydrogen) atoms. The van der Waals surface area contributed by atoms with Crippen LogP contribution in [0.3, 0.4) is 0 Å². The van der Waals surface area contributed by atoms with E-state index in [1.54, 1.807) is 12.1 Å². The second-order valence-electron chi connectivity index (χ2n) is 5.76. The molecular formula is C16H22N2O6. The van der Waals surface area contributed by atoms with Gasteiger partial charge in [0.2, 0.25) is 5.91 Å². The fourth-order valence-electron chi connectivity index (χ4n) is 2.10. The molecular weight excluding hydrogens is 316 g/mol. The molecule has 0 bridgehead atoms. The Morgan fingerprint density at radius 1 is 1.33 bits per heavy atom. The predicted molar refractivity (Wildman–Crippen MR) is 86.8 cm³/mol. The Bertz CT molecular complexity index is 588. The van der Waals surface area contributed by atoms with Crippen molar-refractivity contribution in [3.63, 3.8) is 0 Å². The van der Waals surface area contributed by atoms with Gasteiger partial charge in [-0.2, -0.15) is 0 Å². The van der Waals surface area contributed by atoms with Crippen molar-refractivity contribution in [2.75, 3.05) is 6.61 Å². The zero-order chi connectivity index (χ0) is 18.1. The number of carbonyl (C=O) groups is 2. The topological polar surface area (TPSA) is 119 Å². The maximum absolute atomic E-state index is 11.8. The molecule has 1 aromatic rings. The molecule has 0 spiro atoms. The van der Waals surface area contributed by atoms with E-state index in [0.717, 1.165) is 0 Å². The van der Waals surface area contributed by atoms with Crippen LogP contribution in [0.4, 0.5) is 5.69 Å². The third-order valence-corrected chi connectivity index (χ3v) is 3.21. The highest BCUT2D eigenvalue weighted by molar-refractivity contribution is 5.83. The smallest absolute Gasteiger partial charge is 0.326 e. The lowest BCUT2D eigenvalue weighted by molar-refractivity contribution is -0.385. The molecule has 8 nitrogen and oxygen atoms in total. The van der Waals surface area contributed by atoms with Crippen molar-refractivity contribution in [3.05, 3.63) is 34.4 Å². The minimum atomic E-state index is -1.06. The Hall–Kier alpha value is -2.64. The molecule has 1 unspecified atom stereocenters.